The molecule has 3 rings (SSSR count). The molecule has 0 atom stereocenters. The lowest BCUT2D eigenvalue weighted by atomic mass is 9.96. The Hall–Kier alpha value is -2.25. The second-order valence-corrected chi connectivity index (χ2v) is 5.87. The quantitative estimate of drug-likeness (QED) is 0.842. The van der Waals surface area contributed by atoms with Crippen LogP contribution >= 0.6 is 0 Å². The molecule has 0 spiro atoms. The normalized spacial score (nSPS) is 16.1. The summed E-state index contributed by atoms with van der Waals surface area (Å²) in [5.74, 6) is 0.745. The van der Waals surface area contributed by atoms with E-state index in [2.05, 4.69) is 20.6 Å². The summed E-state index contributed by atoms with van der Waals surface area (Å²) >= 11 is 0. The van der Waals surface area contributed by atoms with Crippen LogP contribution < -0.4 is 10.6 Å². The highest BCUT2D eigenvalue weighted by Crippen LogP contribution is 2.30. The van der Waals surface area contributed by atoms with Gasteiger partial charge in [-0.15, -0.1) is 0 Å². The first-order chi connectivity index (χ1) is 11.5. The second-order valence-electron chi connectivity index (χ2n) is 5.87. The molecule has 0 aromatic carbocycles. The lowest BCUT2D eigenvalue weighted by Gasteiger charge is -2.23. The predicted molar refractivity (Wildman–Crippen MR) is 83.6 cm³/mol. The third kappa shape index (κ3) is 4.39. The topological polar surface area (TPSA) is 63.0 Å². The van der Waals surface area contributed by atoms with Crippen LogP contribution in [0.5, 0.6) is 0 Å². The Balaban J connectivity index is 1.77. The van der Waals surface area contributed by atoms with Crippen molar-refractivity contribution in [3.8, 4) is 0 Å². The summed E-state index contributed by atoms with van der Waals surface area (Å²) in [4.78, 5) is 7.80. The molecule has 1 aliphatic carbocycles. The molecule has 0 bridgehead atoms. The van der Waals surface area contributed by atoms with Crippen LogP contribution in [0, 0.1) is 0 Å². The molecule has 0 amide bonds. The van der Waals surface area contributed by atoms with Gasteiger partial charge >= 0.3 is 6.18 Å². The molecule has 2 N–H and O–H groups in total. The summed E-state index contributed by atoms with van der Waals surface area (Å²) in [6.07, 6.45) is 2.14. The van der Waals surface area contributed by atoms with Crippen molar-refractivity contribution in [2.24, 2.45) is 0 Å². The Morgan fingerprint density at radius 3 is 2.62 bits per heavy atom. The summed E-state index contributed by atoms with van der Waals surface area (Å²) in [5, 5.41) is 5.89. The minimum absolute atomic E-state index is 0.0127. The molecule has 8 heteroatoms. The molecule has 2 aromatic heterocycles. The van der Waals surface area contributed by atoms with E-state index in [0.29, 0.717) is 5.76 Å². The number of rotatable bonds is 5. The van der Waals surface area contributed by atoms with Crippen molar-refractivity contribution >= 4 is 11.8 Å². The molecule has 2 aromatic rings. The lowest BCUT2D eigenvalue weighted by Crippen LogP contribution is -2.24. The number of nitrogens with one attached hydrogen (secondary N) is 2. The van der Waals surface area contributed by atoms with Gasteiger partial charge < -0.3 is 15.1 Å². The average molecular weight is 340 g/mol. The maximum absolute atomic E-state index is 13.1. The van der Waals surface area contributed by atoms with Crippen LogP contribution in [0.15, 0.2) is 28.9 Å². The minimum atomic E-state index is -4.52. The molecule has 1 aliphatic rings. The van der Waals surface area contributed by atoms with E-state index < -0.39 is 11.9 Å². The van der Waals surface area contributed by atoms with Gasteiger partial charge in [0.2, 0.25) is 5.95 Å². The maximum Gasteiger partial charge on any atom is 0.433 e. The third-order valence-corrected chi connectivity index (χ3v) is 3.98. The zero-order chi connectivity index (χ0) is 17.0. The van der Waals surface area contributed by atoms with Gasteiger partial charge in [0.1, 0.15) is 11.6 Å². The number of alkyl halides is 3. The molecule has 24 heavy (non-hydrogen) atoms. The van der Waals surface area contributed by atoms with Gasteiger partial charge in [-0.1, -0.05) is 19.3 Å². The summed E-state index contributed by atoms with van der Waals surface area (Å²) in [5.41, 5.74) is -0.960. The van der Waals surface area contributed by atoms with E-state index in [-0.39, 0.29) is 24.4 Å². The smallest absolute Gasteiger partial charge is 0.433 e. The zero-order valence-electron chi connectivity index (χ0n) is 13.1. The van der Waals surface area contributed by atoms with Crippen molar-refractivity contribution < 1.29 is 17.6 Å². The number of anilines is 2. The fourth-order valence-electron chi connectivity index (χ4n) is 2.77. The maximum atomic E-state index is 13.1. The van der Waals surface area contributed by atoms with Crippen molar-refractivity contribution in [2.75, 3.05) is 10.6 Å². The zero-order valence-corrected chi connectivity index (χ0v) is 13.1. The Morgan fingerprint density at radius 1 is 1.17 bits per heavy atom. The van der Waals surface area contributed by atoms with Gasteiger partial charge in [0.15, 0.2) is 5.69 Å². The Morgan fingerprint density at radius 2 is 1.96 bits per heavy atom. The first-order valence-electron chi connectivity index (χ1n) is 8.00. The standard InChI is InChI=1S/C16H19F3N4O/c17-16(18,19)13-9-14(20-10-12-7-4-8-24-12)23-15(22-13)21-11-5-2-1-3-6-11/h4,7-9,11H,1-3,5-6,10H2,(H2,20,21,22,23). The van der Waals surface area contributed by atoms with Crippen LogP contribution in [0.25, 0.3) is 0 Å². The van der Waals surface area contributed by atoms with Crippen LogP contribution in [0.2, 0.25) is 0 Å². The average Bonchev–Trinajstić information content (AvgIpc) is 3.06. The fourth-order valence-corrected chi connectivity index (χ4v) is 2.77. The first kappa shape index (κ1) is 16.6. The molecule has 0 radical (unpaired) electrons. The van der Waals surface area contributed by atoms with Crippen molar-refractivity contribution in [1.29, 1.82) is 0 Å². The van der Waals surface area contributed by atoms with Gasteiger partial charge in [0, 0.05) is 12.1 Å². The third-order valence-electron chi connectivity index (χ3n) is 3.98. The second kappa shape index (κ2) is 7.11. The van der Waals surface area contributed by atoms with E-state index in [4.69, 9.17) is 4.42 Å². The molecule has 0 aliphatic heterocycles. The molecule has 2 heterocycles. The van der Waals surface area contributed by atoms with Gasteiger partial charge in [0.05, 0.1) is 12.8 Å². The number of nitrogens with zero attached hydrogens (tertiary/aromatic N) is 2. The number of aromatic nitrogens is 2. The Bertz CT molecular complexity index is 652. The van der Waals surface area contributed by atoms with Crippen molar-refractivity contribution in [3.63, 3.8) is 0 Å². The number of hydrogen-bond donors (Lipinski definition) is 2. The Labute approximate surface area is 137 Å². The van der Waals surface area contributed by atoms with E-state index in [1.54, 1.807) is 12.1 Å². The van der Waals surface area contributed by atoms with Gasteiger partial charge in [-0.05, 0) is 25.0 Å². The highest BCUT2D eigenvalue weighted by Gasteiger charge is 2.34. The lowest BCUT2D eigenvalue weighted by molar-refractivity contribution is -0.141. The predicted octanol–water partition coefficient (Wildman–Crippen LogP) is 4.45. The van der Waals surface area contributed by atoms with E-state index >= 15 is 0 Å². The van der Waals surface area contributed by atoms with Gasteiger partial charge in [-0.3, -0.25) is 0 Å². The highest BCUT2D eigenvalue weighted by atomic mass is 19.4. The van der Waals surface area contributed by atoms with Crippen LogP contribution in [-0.2, 0) is 12.7 Å². The van der Waals surface area contributed by atoms with Gasteiger partial charge in [-0.2, -0.15) is 18.2 Å². The Kier molecular flexibility index (Phi) is 4.92. The summed E-state index contributed by atoms with van der Waals surface area (Å²) in [6, 6.07) is 4.49. The summed E-state index contributed by atoms with van der Waals surface area (Å²) in [6.45, 7) is 0.254. The van der Waals surface area contributed by atoms with Gasteiger partial charge in [0.25, 0.3) is 0 Å². The van der Waals surface area contributed by atoms with Crippen molar-refractivity contribution in [2.45, 2.75) is 50.9 Å². The molecule has 5 nitrogen and oxygen atoms in total. The molecular formula is C16H19F3N4O. The van der Waals surface area contributed by atoms with Gasteiger partial charge in [-0.25, -0.2) is 4.98 Å². The fraction of sp³-hybridized carbons (Fsp3) is 0.500. The SMILES string of the molecule is FC(F)(F)c1cc(NCc2ccco2)nc(NC2CCCCC2)n1. The van der Waals surface area contributed by atoms with Crippen LogP contribution in [0.1, 0.15) is 43.6 Å². The minimum Gasteiger partial charge on any atom is -0.467 e. The molecular weight excluding hydrogens is 321 g/mol. The largest absolute Gasteiger partial charge is 0.467 e. The molecule has 130 valence electrons. The summed E-state index contributed by atoms with van der Waals surface area (Å²) < 4.78 is 44.4. The van der Waals surface area contributed by atoms with E-state index in [1.165, 1.54) is 6.26 Å². The van der Waals surface area contributed by atoms with E-state index in [1.807, 2.05) is 0 Å². The number of furan rings is 1. The molecule has 0 unspecified atom stereocenters. The van der Waals surface area contributed by atoms with Crippen molar-refractivity contribution in [3.05, 3.63) is 35.9 Å². The number of hydrogen-bond acceptors (Lipinski definition) is 5. The molecule has 0 saturated heterocycles. The van der Waals surface area contributed by atoms with Crippen molar-refractivity contribution in [1.82, 2.24) is 9.97 Å². The monoisotopic (exact) mass is 340 g/mol. The first-order valence-corrected chi connectivity index (χ1v) is 8.00. The van der Waals surface area contributed by atoms with Crippen LogP contribution in [0.3, 0.4) is 0 Å². The van der Waals surface area contributed by atoms with Crippen LogP contribution in [0.4, 0.5) is 24.9 Å². The highest BCUT2D eigenvalue weighted by molar-refractivity contribution is 5.43. The van der Waals surface area contributed by atoms with Crippen LogP contribution in [-0.4, -0.2) is 16.0 Å². The van der Waals surface area contributed by atoms with E-state index in [0.717, 1.165) is 38.2 Å². The molecule has 1 saturated carbocycles. The number of halogens is 3. The molecule has 1 fully saturated rings. The van der Waals surface area contributed by atoms with E-state index in [9.17, 15) is 13.2 Å². The summed E-state index contributed by atoms with van der Waals surface area (Å²) in [7, 11) is 0.